The molecule has 0 saturated heterocycles. The van der Waals surface area contributed by atoms with E-state index in [1.807, 2.05) is 32.9 Å². The number of carbonyl (C=O) groups excluding carboxylic acids is 1. The lowest BCUT2D eigenvalue weighted by molar-refractivity contribution is -0.129. The Labute approximate surface area is 242 Å². The second-order valence-corrected chi connectivity index (χ2v) is 12.2. The van der Waals surface area contributed by atoms with Crippen molar-refractivity contribution < 1.29 is 28.8 Å². The van der Waals surface area contributed by atoms with Gasteiger partial charge in [0.05, 0.1) is 25.9 Å². The van der Waals surface area contributed by atoms with Crippen LogP contribution in [0.15, 0.2) is 18.2 Å². The highest BCUT2D eigenvalue weighted by molar-refractivity contribution is 5.79. The number of nitrogens with two attached hydrogens (primary N) is 1. The van der Waals surface area contributed by atoms with Gasteiger partial charge in [0.15, 0.2) is 11.5 Å². The number of carbonyl (C=O) groups is 1. The summed E-state index contributed by atoms with van der Waals surface area (Å²) >= 11 is 0. The highest BCUT2D eigenvalue weighted by atomic mass is 16.5. The van der Waals surface area contributed by atoms with E-state index in [1.165, 1.54) is 0 Å². The molecule has 1 aliphatic carbocycles. The molecule has 230 valence electrons. The van der Waals surface area contributed by atoms with Crippen LogP contribution in [0.4, 0.5) is 0 Å². The van der Waals surface area contributed by atoms with Crippen molar-refractivity contribution in [2.75, 3.05) is 34.5 Å². The van der Waals surface area contributed by atoms with E-state index in [9.17, 15) is 9.90 Å². The fraction of sp³-hybridized carbons (Fsp3) is 0.781. The molecule has 0 aromatic heterocycles. The maximum Gasteiger partial charge on any atom is 0.223 e. The molecule has 2 rings (SSSR count). The summed E-state index contributed by atoms with van der Waals surface area (Å²) in [5.74, 6) is 1.53. The molecular formula is C32H56N2O6. The first-order valence-corrected chi connectivity index (χ1v) is 15.1. The maximum absolute atomic E-state index is 13.3. The molecule has 1 amide bonds. The normalized spacial score (nSPS) is 21.4. The maximum atomic E-state index is 13.3. The average molecular weight is 565 g/mol. The third kappa shape index (κ3) is 10.8. The van der Waals surface area contributed by atoms with Gasteiger partial charge in [0.25, 0.3) is 0 Å². The number of ether oxygens (including phenoxy) is 4. The van der Waals surface area contributed by atoms with Gasteiger partial charge in [-0.3, -0.25) is 4.79 Å². The van der Waals surface area contributed by atoms with Crippen LogP contribution >= 0.6 is 0 Å². The Kier molecular flexibility index (Phi) is 14.7. The summed E-state index contributed by atoms with van der Waals surface area (Å²) < 4.78 is 22.0. The molecule has 4 N–H and O–H groups in total. The molecule has 0 radical (unpaired) electrons. The van der Waals surface area contributed by atoms with E-state index in [-0.39, 0.29) is 29.7 Å². The number of hydrogen-bond acceptors (Lipinski definition) is 7. The minimum Gasteiger partial charge on any atom is -0.493 e. The molecule has 40 heavy (non-hydrogen) atoms. The Bertz CT molecular complexity index is 869. The van der Waals surface area contributed by atoms with Gasteiger partial charge >= 0.3 is 0 Å². The average Bonchev–Trinajstić information content (AvgIpc) is 2.93. The second kappa shape index (κ2) is 17.2. The third-order valence-electron chi connectivity index (χ3n) is 8.54. The molecule has 0 heterocycles. The zero-order valence-corrected chi connectivity index (χ0v) is 26.0. The van der Waals surface area contributed by atoms with Crippen molar-refractivity contribution in [2.24, 2.45) is 23.5 Å². The number of methoxy groups -OCH3 is 3. The van der Waals surface area contributed by atoms with Crippen LogP contribution in [0.2, 0.25) is 0 Å². The summed E-state index contributed by atoms with van der Waals surface area (Å²) in [4.78, 5) is 13.3. The zero-order valence-electron chi connectivity index (χ0n) is 26.0. The number of aliphatic hydroxyl groups excluding tert-OH is 1. The van der Waals surface area contributed by atoms with E-state index < -0.39 is 11.6 Å². The van der Waals surface area contributed by atoms with Gasteiger partial charge < -0.3 is 35.1 Å². The molecule has 1 aromatic carbocycles. The lowest BCUT2D eigenvalue weighted by atomic mass is 9.77. The molecule has 0 spiro atoms. The molecule has 8 nitrogen and oxygen atoms in total. The Morgan fingerprint density at radius 1 is 1.12 bits per heavy atom. The quantitative estimate of drug-likeness (QED) is 0.218. The minimum atomic E-state index is -0.823. The summed E-state index contributed by atoms with van der Waals surface area (Å²) in [6.07, 6.45) is 6.81. The summed E-state index contributed by atoms with van der Waals surface area (Å²) in [7, 11) is 5.08. The van der Waals surface area contributed by atoms with Crippen molar-refractivity contribution >= 4 is 5.91 Å². The van der Waals surface area contributed by atoms with Gasteiger partial charge in [0.2, 0.25) is 5.91 Å². The largest absolute Gasteiger partial charge is 0.493 e. The highest BCUT2D eigenvalue weighted by Gasteiger charge is 2.36. The Hall–Kier alpha value is -1.87. The van der Waals surface area contributed by atoms with E-state index in [0.29, 0.717) is 37.9 Å². The van der Waals surface area contributed by atoms with Crippen molar-refractivity contribution in [2.45, 2.75) is 109 Å². The predicted octanol–water partition coefficient (Wildman–Crippen LogP) is 4.88. The van der Waals surface area contributed by atoms with E-state index in [0.717, 1.165) is 56.3 Å². The Balaban J connectivity index is 2.00. The van der Waals surface area contributed by atoms with Crippen LogP contribution in [0, 0.1) is 17.8 Å². The molecular weight excluding hydrogens is 508 g/mol. The van der Waals surface area contributed by atoms with Crippen molar-refractivity contribution in [3.05, 3.63) is 23.8 Å². The number of aliphatic hydroxyl groups is 1. The van der Waals surface area contributed by atoms with Gasteiger partial charge in [0.1, 0.15) is 0 Å². The molecule has 1 aromatic rings. The lowest BCUT2D eigenvalue weighted by Gasteiger charge is -2.37. The monoisotopic (exact) mass is 564 g/mol. The second-order valence-electron chi connectivity index (χ2n) is 12.2. The zero-order chi connectivity index (χ0) is 29.7. The first-order chi connectivity index (χ1) is 19.0. The van der Waals surface area contributed by atoms with Crippen LogP contribution in [0.25, 0.3) is 0 Å². The summed E-state index contributed by atoms with van der Waals surface area (Å²) in [6, 6.07) is 6.21. The highest BCUT2D eigenvalue weighted by Crippen LogP contribution is 2.33. The first-order valence-electron chi connectivity index (χ1n) is 15.1. The van der Waals surface area contributed by atoms with E-state index >= 15 is 0 Å². The fourth-order valence-corrected chi connectivity index (χ4v) is 5.74. The topological polar surface area (TPSA) is 112 Å². The summed E-state index contributed by atoms with van der Waals surface area (Å²) in [5.41, 5.74) is 7.09. The number of benzene rings is 1. The van der Waals surface area contributed by atoms with Crippen LogP contribution in [0.3, 0.4) is 0 Å². The van der Waals surface area contributed by atoms with E-state index in [1.54, 1.807) is 21.3 Å². The van der Waals surface area contributed by atoms with E-state index in [4.69, 9.17) is 24.7 Å². The minimum absolute atomic E-state index is 0.0222. The Morgan fingerprint density at radius 3 is 2.40 bits per heavy atom. The molecule has 0 unspecified atom stereocenters. The molecule has 4 atom stereocenters. The Morgan fingerprint density at radius 2 is 1.82 bits per heavy atom. The summed E-state index contributed by atoms with van der Waals surface area (Å²) in [5, 5.41) is 14.6. The molecule has 8 heteroatoms. The van der Waals surface area contributed by atoms with Gasteiger partial charge in [-0.15, -0.1) is 0 Å². The third-order valence-corrected chi connectivity index (χ3v) is 8.54. The van der Waals surface area contributed by atoms with Crippen LogP contribution in [-0.2, 0) is 20.7 Å². The standard InChI is InChI=1S/C32H56N2O6/c1-8-23(18-24-10-15-28(39-7)29(19-24)40-17-9-16-37-5)21-32(4,33)30(35)20-27(22(2)3)31(36)34-25-11-13-26(38-6)14-12-25/h10,15,19,22-23,25-27,30,35H,8-9,11-14,16-18,20-21,33H2,1-7H3,(H,34,36)/t23-,25?,26?,27-,30-,32-/m0/s1. The molecule has 0 bridgehead atoms. The molecule has 0 aliphatic heterocycles. The smallest absolute Gasteiger partial charge is 0.223 e. The predicted molar refractivity (Wildman–Crippen MR) is 160 cm³/mol. The van der Waals surface area contributed by atoms with Crippen molar-refractivity contribution in [1.29, 1.82) is 0 Å². The molecule has 1 fully saturated rings. The van der Waals surface area contributed by atoms with Gasteiger partial charge in [-0.05, 0) is 81.4 Å². The fourth-order valence-electron chi connectivity index (χ4n) is 5.74. The number of amides is 1. The number of hydrogen-bond donors (Lipinski definition) is 3. The molecule has 1 saturated carbocycles. The van der Waals surface area contributed by atoms with Crippen molar-refractivity contribution in [3.8, 4) is 11.5 Å². The lowest BCUT2D eigenvalue weighted by Crippen LogP contribution is -2.52. The van der Waals surface area contributed by atoms with Gasteiger partial charge in [0, 0.05) is 44.7 Å². The number of rotatable bonds is 18. The molecule has 1 aliphatic rings. The van der Waals surface area contributed by atoms with Gasteiger partial charge in [-0.25, -0.2) is 0 Å². The SMILES string of the molecule is CC[C@@H](Cc1ccc(OC)c(OCCCOC)c1)C[C@](C)(N)[C@@H](O)C[C@H](C(=O)NC1CCC(OC)CC1)C(C)C. The van der Waals surface area contributed by atoms with Crippen LogP contribution in [0.1, 0.15) is 84.6 Å². The first kappa shape index (κ1) is 34.3. The van der Waals surface area contributed by atoms with Crippen LogP contribution in [-0.4, -0.2) is 69.3 Å². The summed E-state index contributed by atoms with van der Waals surface area (Å²) in [6.45, 7) is 9.35. The van der Waals surface area contributed by atoms with Gasteiger partial charge in [-0.2, -0.15) is 0 Å². The number of nitrogens with one attached hydrogen (secondary N) is 1. The van der Waals surface area contributed by atoms with E-state index in [2.05, 4.69) is 18.3 Å². The van der Waals surface area contributed by atoms with Crippen LogP contribution in [0.5, 0.6) is 11.5 Å². The van der Waals surface area contributed by atoms with Crippen LogP contribution < -0.4 is 20.5 Å². The van der Waals surface area contributed by atoms with Crippen molar-refractivity contribution in [3.63, 3.8) is 0 Å². The van der Waals surface area contributed by atoms with Crippen molar-refractivity contribution in [1.82, 2.24) is 5.32 Å². The van der Waals surface area contributed by atoms with Gasteiger partial charge in [-0.1, -0.05) is 33.3 Å².